The molecular weight excluding hydrogens is 412 g/mol. The molecule has 0 aromatic heterocycles. The van der Waals surface area contributed by atoms with E-state index in [2.05, 4.69) is 13.0 Å². The van der Waals surface area contributed by atoms with Crippen LogP contribution in [0.3, 0.4) is 0 Å². The van der Waals surface area contributed by atoms with Gasteiger partial charge in [0.05, 0.1) is 0 Å². The van der Waals surface area contributed by atoms with E-state index in [4.69, 9.17) is 0 Å². The number of rotatable bonds is 7. The van der Waals surface area contributed by atoms with Crippen molar-refractivity contribution in [2.24, 2.45) is 0 Å². The highest BCUT2D eigenvalue weighted by atomic mass is 19.2. The number of benzene rings is 4. The number of aryl methyl sites for hydroxylation is 1. The molecule has 164 valence electrons. The lowest BCUT2D eigenvalue weighted by atomic mass is 9.96. The van der Waals surface area contributed by atoms with Crippen LogP contribution in [-0.4, -0.2) is 0 Å². The molecule has 0 saturated carbocycles. The van der Waals surface area contributed by atoms with Crippen LogP contribution < -0.4 is 0 Å². The third-order valence-electron chi connectivity index (χ3n) is 5.85. The Morgan fingerprint density at radius 2 is 1.28 bits per heavy atom. The van der Waals surface area contributed by atoms with Gasteiger partial charge in [-0.25, -0.2) is 17.6 Å². The maximum absolute atomic E-state index is 15.3. The Kier molecular flexibility index (Phi) is 6.59. The van der Waals surface area contributed by atoms with E-state index >= 15 is 4.39 Å². The highest BCUT2D eigenvalue weighted by molar-refractivity contribution is 5.89. The first-order chi connectivity index (χ1) is 15.5. The summed E-state index contributed by atoms with van der Waals surface area (Å²) in [7, 11) is 0. The van der Waals surface area contributed by atoms with Gasteiger partial charge in [0.2, 0.25) is 0 Å². The third-order valence-corrected chi connectivity index (χ3v) is 5.85. The summed E-state index contributed by atoms with van der Waals surface area (Å²) in [5.74, 6) is -4.27. The van der Waals surface area contributed by atoms with Crippen LogP contribution >= 0.6 is 0 Å². The molecule has 0 unspecified atom stereocenters. The highest BCUT2D eigenvalue weighted by Crippen LogP contribution is 2.32. The molecule has 4 aromatic carbocycles. The average molecular weight is 436 g/mol. The number of fused-ring (bicyclic) bond motifs is 1. The van der Waals surface area contributed by atoms with Crippen molar-refractivity contribution < 1.29 is 17.6 Å². The van der Waals surface area contributed by atoms with Crippen molar-refractivity contribution in [1.82, 2.24) is 0 Å². The maximum atomic E-state index is 15.3. The molecular formula is C28H24F4. The molecule has 32 heavy (non-hydrogen) atoms. The van der Waals surface area contributed by atoms with Gasteiger partial charge in [-0.1, -0.05) is 80.8 Å². The van der Waals surface area contributed by atoms with Gasteiger partial charge >= 0.3 is 0 Å². The summed E-state index contributed by atoms with van der Waals surface area (Å²) in [6.07, 6.45) is 5.76. The molecule has 4 heteroatoms. The lowest BCUT2D eigenvalue weighted by molar-refractivity contribution is 0.448. The van der Waals surface area contributed by atoms with Gasteiger partial charge in [0.15, 0.2) is 17.5 Å². The molecule has 0 saturated heterocycles. The van der Waals surface area contributed by atoms with Crippen molar-refractivity contribution in [3.8, 4) is 22.3 Å². The van der Waals surface area contributed by atoms with E-state index in [1.165, 1.54) is 24.8 Å². The van der Waals surface area contributed by atoms with Crippen LogP contribution in [0.15, 0.2) is 66.7 Å². The van der Waals surface area contributed by atoms with Gasteiger partial charge in [-0.3, -0.25) is 0 Å². The minimum Gasteiger partial charge on any atom is -0.206 e. The first-order valence-electron chi connectivity index (χ1n) is 10.9. The molecule has 0 radical (unpaired) electrons. The Morgan fingerprint density at radius 3 is 1.97 bits per heavy atom. The van der Waals surface area contributed by atoms with Crippen LogP contribution in [0.25, 0.3) is 33.0 Å². The molecule has 0 bridgehead atoms. The second kappa shape index (κ2) is 9.56. The normalized spacial score (nSPS) is 11.3. The lowest BCUT2D eigenvalue weighted by Crippen LogP contribution is -1.92. The first kappa shape index (κ1) is 22.1. The van der Waals surface area contributed by atoms with E-state index in [0.717, 1.165) is 30.4 Å². The molecule has 0 atom stereocenters. The summed E-state index contributed by atoms with van der Waals surface area (Å²) in [5, 5.41) is 1.43. The maximum Gasteiger partial charge on any atom is 0.194 e. The zero-order valence-corrected chi connectivity index (χ0v) is 17.9. The van der Waals surface area contributed by atoms with Crippen molar-refractivity contribution in [1.29, 1.82) is 0 Å². The van der Waals surface area contributed by atoms with Crippen molar-refractivity contribution in [2.75, 3.05) is 0 Å². The Hall–Kier alpha value is -3.14. The van der Waals surface area contributed by atoms with E-state index in [0.29, 0.717) is 22.1 Å². The van der Waals surface area contributed by atoms with Crippen LogP contribution in [0.5, 0.6) is 0 Å². The molecule has 0 aliphatic rings. The lowest BCUT2D eigenvalue weighted by Gasteiger charge is -2.10. The minimum atomic E-state index is -1.49. The molecule has 0 aliphatic heterocycles. The highest BCUT2D eigenvalue weighted by Gasteiger charge is 2.13. The molecule has 0 aliphatic carbocycles. The summed E-state index contributed by atoms with van der Waals surface area (Å²) in [6, 6.07) is 18.1. The summed E-state index contributed by atoms with van der Waals surface area (Å²) < 4.78 is 55.6. The number of unbranched alkanes of at least 4 members (excludes halogenated alkanes) is 3. The standard InChI is InChI=1S/C28H24F4/c1-2-3-4-5-6-18-7-13-24-21(15-18)12-14-23(27(24)31)20-10-8-19(9-11-20)22-16-25(29)28(32)26(30)17-22/h7-17H,2-6H2,1H3. The summed E-state index contributed by atoms with van der Waals surface area (Å²) >= 11 is 0. The van der Waals surface area contributed by atoms with Crippen LogP contribution in [0.4, 0.5) is 17.6 Å². The molecule has 4 aromatic rings. The van der Waals surface area contributed by atoms with Gasteiger partial charge in [-0.15, -0.1) is 0 Å². The average Bonchev–Trinajstić information content (AvgIpc) is 2.80. The second-order valence-electron chi connectivity index (χ2n) is 8.12. The first-order valence-corrected chi connectivity index (χ1v) is 10.9. The van der Waals surface area contributed by atoms with Gasteiger partial charge < -0.3 is 0 Å². The molecule has 0 nitrogen and oxygen atoms in total. The van der Waals surface area contributed by atoms with Crippen molar-refractivity contribution >= 4 is 10.8 Å². The summed E-state index contributed by atoms with van der Waals surface area (Å²) in [6.45, 7) is 2.19. The third kappa shape index (κ3) is 4.55. The largest absolute Gasteiger partial charge is 0.206 e. The van der Waals surface area contributed by atoms with Gasteiger partial charge in [0, 0.05) is 10.9 Å². The van der Waals surface area contributed by atoms with Gasteiger partial charge in [-0.2, -0.15) is 0 Å². The smallest absolute Gasteiger partial charge is 0.194 e. The predicted molar refractivity (Wildman–Crippen MR) is 122 cm³/mol. The van der Waals surface area contributed by atoms with Crippen LogP contribution in [0, 0.1) is 23.3 Å². The Bertz CT molecular complexity index is 1220. The van der Waals surface area contributed by atoms with Gasteiger partial charge in [0.25, 0.3) is 0 Å². The molecule has 4 rings (SSSR count). The van der Waals surface area contributed by atoms with Gasteiger partial charge in [-0.05, 0) is 52.6 Å². The number of halogens is 4. The van der Waals surface area contributed by atoms with E-state index in [9.17, 15) is 13.2 Å². The van der Waals surface area contributed by atoms with E-state index in [1.54, 1.807) is 30.3 Å². The summed E-state index contributed by atoms with van der Waals surface area (Å²) in [5.41, 5.74) is 3.05. The topological polar surface area (TPSA) is 0 Å². The Balaban J connectivity index is 1.60. The quantitative estimate of drug-likeness (QED) is 0.154. The zero-order chi connectivity index (χ0) is 22.7. The number of hydrogen-bond acceptors (Lipinski definition) is 0. The van der Waals surface area contributed by atoms with Gasteiger partial charge in [0.1, 0.15) is 5.82 Å². The predicted octanol–water partition coefficient (Wildman–Crippen LogP) is 8.85. The molecule has 0 spiro atoms. The fourth-order valence-electron chi connectivity index (χ4n) is 4.04. The monoisotopic (exact) mass is 436 g/mol. The number of hydrogen-bond donors (Lipinski definition) is 0. The van der Waals surface area contributed by atoms with E-state index in [-0.39, 0.29) is 11.4 Å². The second-order valence-corrected chi connectivity index (χ2v) is 8.12. The van der Waals surface area contributed by atoms with Crippen LogP contribution in [0.1, 0.15) is 38.2 Å². The van der Waals surface area contributed by atoms with Crippen LogP contribution in [-0.2, 0) is 6.42 Å². The minimum absolute atomic E-state index is 0.221. The molecule has 0 amide bonds. The van der Waals surface area contributed by atoms with Crippen LogP contribution in [0.2, 0.25) is 0 Å². The Labute approximate surface area is 185 Å². The fourth-order valence-corrected chi connectivity index (χ4v) is 4.04. The fraction of sp³-hybridized carbons (Fsp3) is 0.214. The van der Waals surface area contributed by atoms with Crippen molar-refractivity contribution in [3.63, 3.8) is 0 Å². The zero-order valence-electron chi connectivity index (χ0n) is 17.9. The summed E-state index contributed by atoms with van der Waals surface area (Å²) in [4.78, 5) is 0. The SMILES string of the molecule is CCCCCCc1ccc2c(F)c(-c3ccc(-c4cc(F)c(F)c(F)c4)cc3)ccc2c1. The van der Waals surface area contributed by atoms with E-state index < -0.39 is 17.5 Å². The molecule has 0 N–H and O–H groups in total. The van der Waals surface area contributed by atoms with Crippen molar-refractivity contribution in [2.45, 2.75) is 39.0 Å². The molecule has 0 heterocycles. The Morgan fingerprint density at radius 1 is 0.594 bits per heavy atom. The van der Waals surface area contributed by atoms with E-state index in [1.807, 2.05) is 18.2 Å². The van der Waals surface area contributed by atoms with Crippen molar-refractivity contribution in [3.05, 3.63) is 95.6 Å². The molecule has 0 fully saturated rings.